The summed E-state index contributed by atoms with van der Waals surface area (Å²) in [6, 6.07) is 18.2. The maximum Gasteiger partial charge on any atom is 0.107 e. The zero-order chi connectivity index (χ0) is 18.6. The number of aliphatic hydroxyl groups excluding tert-OH is 1. The van der Waals surface area contributed by atoms with Crippen molar-refractivity contribution in [3.63, 3.8) is 0 Å². The van der Waals surface area contributed by atoms with Crippen LogP contribution >= 0.6 is 0 Å². The summed E-state index contributed by atoms with van der Waals surface area (Å²) in [5.74, 6) is 0. The average Bonchev–Trinajstić information content (AvgIpc) is 2.85. The molecule has 1 aliphatic carbocycles. The topological polar surface area (TPSA) is 54.4 Å². The highest BCUT2D eigenvalue weighted by atomic mass is 16.5. The number of pyridine rings is 1. The Hall–Kier alpha value is -2.95. The van der Waals surface area contributed by atoms with E-state index in [1.165, 1.54) is 0 Å². The van der Waals surface area contributed by atoms with Crippen molar-refractivity contribution in [2.24, 2.45) is 0 Å². The van der Waals surface area contributed by atoms with E-state index in [2.05, 4.69) is 10.3 Å². The summed E-state index contributed by atoms with van der Waals surface area (Å²) < 4.78 is 5.09. The number of aliphatic hydroxyl groups is 1. The molecule has 1 unspecified atom stereocenters. The number of fused-ring (bicyclic) bond motifs is 2. The first-order valence-electron chi connectivity index (χ1n) is 9.04. The number of hydrogen-bond acceptors (Lipinski definition) is 4. The first-order valence-corrected chi connectivity index (χ1v) is 9.04. The van der Waals surface area contributed by atoms with Crippen molar-refractivity contribution in [1.82, 2.24) is 4.98 Å². The summed E-state index contributed by atoms with van der Waals surface area (Å²) in [5, 5.41) is 14.5. The molecule has 0 radical (unpaired) electrons. The third-order valence-electron chi connectivity index (χ3n) is 4.79. The zero-order valence-corrected chi connectivity index (χ0v) is 15.2. The molecule has 2 N–H and O–H groups in total. The van der Waals surface area contributed by atoms with Crippen molar-refractivity contribution < 1.29 is 9.84 Å². The normalized spacial score (nSPS) is 15.0. The van der Waals surface area contributed by atoms with Crippen LogP contribution in [0.2, 0.25) is 0 Å². The van der Waals surface area contributed by atoms with Crippen LogP contribution in [0.3, 0.4) is 0 Å². The van der Waals surface area contributed by atoms with Crippen LogP contribution in [0.15, 0.2) is 60.8 Å². The molecule has 0 fully saturated rings. The molecule has 4 heteroatoms. The van der Waals surface area contributed by atoms with E-state index in [-0.39, 0.29) is 0 Å². The fraction of sp³-hybridized carbons (Fsp3) is 0.174. The Morgan fingerprint density at radius 2 is 1.85 bits per heavy atom. The van der Waals surface area contributed by atoms with Crippen molar-refractivity contribution in [2.75, 3.05) is 25.6 Å². The smallest absolute Gasteiger partial charge is 0.107 e. The van der Waals surface area contributed by atoms with Gasteiger partial charge in [-0.1, -0.05) is 42.5 Å². The van der Waals surface area contributed by atoms with Gasteiger partial charge in [-0.05, 0) is 41.0 Å². The molecule has 1 aromatic heterocycles. The van der Waals surface area contributed by atoms with Crippen molar-refractivity contribution >= 4 is 17.8 Å². The Kier molecular flexibility index (Phi) is 5.01. The molecule has 2 aromatic carbocycles. The zero-order valence-electron chi connectivity index (χ0n) is 15.2. The lowest BCUT2D eigenvalue weighted by atomic mass is 9.95. The van der Waals surface area contributed by atoms with Crippen LogP contribution in [0.1, 0.15) is 28.5 Å². The standard InChI is InChI=1S/C23H22N2O2/c1-27-12-11-24-19-9-7-17-8-10-22-21(23(26)20(17)14-19)13-18(15-25-22)16-5-3-2-4-6-16/h2-10,13-15,23-24,26H,11-12H2,1H3. The molecule has 1 aliphatic rings. The molecule has 27 heavy (non-hydrogen) atoms. The Balaban J connectivity index is 1.71. The molecule has 0 bridgehead atoms. The molecule has 0 amide bonds. The molecule has 136 valence electrons. The predicted molar refractivity (Wildman–Crippen MR) is 109 cm³/mol. The van der Waals surface area contributed by atoms with Crippen molar-refractivity contribution in [3.8, 4) is 11.1 Å². The van der Waals surface area contributed by atoms with E-state index in [4.69, 9.17) is 4.74 Å². The monoisotopic (exact) mass is 358 g/mol. The molecule has 0 saturated carbocycles. The van der Waals surface area contributed by atoms with Gasteiger partial charge in [0.15, 0.2) is 0 Å². The summed E-state index contributed by atoms with van der Waals surface area (Å²) in [6.45, 7) is 1.35. The lowest BCUT2D eigenvalue weighted by Gasteiger charge is -2.17. The van der Waals surface area contributed by atoms with Crippen LogP contribution in [0, 0.1) is 0 Å². The van der Waals surface area contributed by atoms with Gasteiger partial charge in [-0.2, -0.15) is 0 Å². The van der Waals surface area contributed by atoms with Crippen LogP contribution in [-0.4, -0.2) is 30.4 Å². The summed E-state index contributed by atoms with van der Waals surface area (Å²) >= 11 is 0. The van der Waals surface area contributed by atoms with E-state index in [9.17, 15) is 5.11 Å². The van der Waals surface area contributed by atoms with E-state index in [1.807, 2.05) is 72.9 Å². The highest BCUT2D eigenvalue weighted by Crippen LogP contribution is 2.35. The fourth-order valence-electron chi connectivity index (χ4n) is 3.35. The van der Waals surface area contributed by atoms with E-state index < -0.39 is 6.10 Å². The molecule has 4 nitrogen and oxygen atoms in total. The van der Waals surface area contributed by atoms with Gasteiger partial charge in [-0.3, -0.25) is 4.98 Å². The molecule has 0 aliphatic heterocycles. The lowest BCUT2D eigenvalue weighted by molar-refractivity contribution is 0.210. The third kappa shape index (κ3) is 3.63. The van der Waals surface area contributed by atoms with Gasteiger partial charge in [0.1, 0.15) is 6.10 Å². The van der Waals surface area contributed by atoms with Crippen molar-refractivity contribution in [1.29, 1.82) is 0 Å². The fourth-order valence-corrected chi connectivity index (χ4v) is 3.35. The van der Waals surface area contributed by atoms with Crippen LogP contribution in [0.4, 0.5) is 5.69 Å². The maximum atomic E-state index is 11.1. The molecule has 1 atom stereocenters. The SMILES string of the molecule is COCCNc1ccc2c(c1)C(O)c1cc(-c3ccccc3)cnc1C=C2. The number of benzene rings is 2. The molecule has 3 aromatic rings. The van der Waals surface area contributed by atoms with Gasteiger partial charge in [0.25, 0.3) is 0 Å². The number of anilines is 1. The molecular formula is C23H22N2O2. The second-order valence-electron chi connectivity index (χ2n) is 6.56. The van der Waals surface area contributed by atoms with Crippen LogP contribution in [0.5, 0.6) is 0 Å². The van der Waals surface area contributed by atoms with Gasteiger partial charge in [0.05, 0.1) is 12.3 Å². The number of aromatic nitrogens is 1. The second-order valence-corrected chi connectivity index (χ2v) is 6.56. The summed E-state index contributed by atoms with van der Waals surface area (Å²) in [4.78, 5) is 4.59. The molecule has 4 rings (SSSR count). The third-order valence-corrected chi connectivity index (χ3v) is 4.79. The quantitative estimate of drug-likeness (QED) is 0.665. The lowest BCUT2D eigenvalue weighted by Crippen LogP contribution is -2.09. The number of nitrogens with one attached hydrogen (secondary N) is 1. The minimum absolute atomic E-state index is 0.632. The maximum absolute atomic E-state index is 11.1. The van der Waals surface area contributed by atoms with E-state index in [0.29, 0.717) is 6.61 Å². The van der Waals surface area contributed by atoms with E-state index in [1.54, 1.807) is 7.11 Å². The van der Waals surface area contributed by atoms with Crippen LogP contribution in [0.25, 0.3) is 23.3 Å². The summed E-state index contributed by atoms with van der Waals surface area (Å²) in [5.41, 5.74) is 6.54. The largest absolute Gasteiger partial charge is 0.384 e. The summed E-state index contributed by atoms with van der Waals surface area (Å²) in [7, 11) is 1.68. The minimum Gasteiger partial charge on any atom is -0.384 e. The van der Waals surface area contributed by atoms with Gasteiger partial charge in [0.2, 0.25) is 0 Å². The predicted octanol–water partition coefficient (Wildman–Crippen LogP) is 4.37. The molecule has 0 spiro atoms. The van der Waals surface area contributed by atoms with Gasteiger partial charge in [0, 0.05) is 36.7 Å². The first kappa shape index (κ1) is 17.5. The Bertz CT molecular complexity index is 967. The van der Waals surface area contributed by atoms with Crippen molar-refractivity contribution in [3.05, 3.63) is 83.2 Å². The number of hydrogen-bond donors (Lipinski definition) is 2. The molecule has 1 heterocycles. The number of methoxy groups -OCH3 is 1. The van der Waals surface area contributed by atoms with E-state index in [0.717, 1.165) is 45.7 Å². The highest BCUT2D eigenvalue weighted by Gasteiger charge is 2.21. The Morgan fingerprint density at radius 3 is 2.67 bits per heavy atom. The van der Waals surface area contributed by atoms with Gasteiger partial charge in [-0.25, -0.2) is 0 Å². The van der Waals surface area contributed by atoms with Gasteiger partial charge in [-0.15, -0.1) is 0 Å². The molecule has 0 saturated heterocycles. The van der Waals surface area contributed by atoms with Gasteiger partial charge >= 0.3 is 0 Å². The number of rotatable bonds is 5. The highest BCUT2D eigenvalue weighted by molar-refractivity contribution is 5.77. The number of ether oxygens (including phenoxy) is 1. The van der Waals surface area contributed by atoms with Crippen LogP contribution < -0.4 is 5.32 Å². The van der Waals surface area contributed by atoms with E-state index >= 15 is 0 Å². The van der Waals surface area contributed by atoms with Crippen LogP contribution in [-0.2, 0) is 4.74 Å². The summed E-state index contributed by atoms with van der Waals surface area (Å²) in [6.07, 6.45) is 5.11. The Morgan fingerprint density at radius 1 is 1.00 bits per heavy atom. The number of nitrogens with zero attached hydrogens (tertiary/aromatic N) is 1. The van der Waals surface area contributed by atoms with Gasteiger partial charge < -0.3 is 15.2 Å². The first-order chi connectivity index (χ1) is 13.3. The van der Waals surface area contributed by atoms with Crippen molar-refractivity contribution in [2.45, 2.75) is 6.10 Å². The average molecular weight is 358 g/mol. The molecular weight excluding hydrogens is 336 g/mol. The Labute approximate surface area is 159 Å². The minimum atomic E-state index is -0.731. The second kappa shape index (κ2) is 7.74.